The molecule has 1 saturated heterocycles. The van der Waals surface area contributed by atoms with E-state index in [0.717, 1.165) is 48.0 Å². The van der Waals surface area contributed by atoms with Crippen LogP contribution in [0.1, 0.15) is 36.5 Å². The summed E-state index contributed by atoms with van der Waals surface area (Å²) in [6, 6.07) is 13.7. The van der Waals surface area contributed by atoms with E-state index in [-0.39, 0.29) is 12.5 Å². The molecule has 1 fully saturated rings. The number of hydrogen-bond acceptors (Lipinski definition) is 3. The van der Waals surface area contributed by atoms with Gasteiger partial charge in [-0.25, -0.2) is 0 Å². The number of halogens is 1. The van der Waals surface area contributed by atoms with Crippen molar-refractivity contribution in [3.8, 4) is 5.75 Å². The first-order chi connectivity index (χ1) is 14.4. The number of aryl methyl sites for hydroxylation is 2. The van der Waals surface area contributed by atoms with Gasteiger partial charge in [-0.15, -0.1) is 0 Å². The van der Waals surface area contributed by atoms with Crippen molar-refractivity contribution in [1.29, 1.82) is 0 Å². The summed E-state index contributed by atoms with van der Waals surface area (Å²) in [4.78, 5) is 17.5. The number of rotatable bonds is 8. The second-order valence-electron chi connectivity index (χ2n) is 8.48. The van der Waals surface area contributed by atoms with Crippen LogP contribution in [0.15, 0.2) is 42.5 Å². The molecule has 0 radical (unpaired) electrons. The Morgan fingerprint density at radius 1 is 1.10 bits per heavy atom. The van der Waals surface area contributed by atoms with Crippen LogP contribution < -0.4 is 4.74 Å². The predicted molar refractivity (Wildman–Crippen MR) is 123 cm³/mol. The minimum Gasteiger partial charge on any atom is -0.483 e. The lowest BCUT2D eigenvalue weighted by Crippen LogP contribution is -2.42. The van der Waals surface area contributed by atoms with E-state index < -0.39 is 0 Å². The molecule has 0 bridgehead atoms. The molecule has 5 heteroatoms. The lowest BCUT2D eigenvalue weighted by Gasteiger charge is -2.32. The van der Waals surface area contributed by atoms with Gasteiger partial charge < -0.3 is 14.5 Å². The van der Waals surface area contributed by atoms with Crippen LogP contribution >= 0.6 is 11.6 Å². The Labute approximate surface area is 185 Å². The monoisotopic (exact) mass is 428 g/mol. The van der Waals surface area contributed by atoms with Gasteiger partial charge in [0.15, 0.2) is 6.61 Å². The number of para-hydroxylation sites is 1. The zero-order valence-electron chi connectivity index (χ0n) is 18.4. The molecule has 0 spiro atoms. The van der Waals surface area contributed by atoms with Crippen LogP contribution in [0, 0.1) is 19.8 Å². The van der Waals surface area contributed by atoms with Crippen molar-refractivity contribution in [1.82, 2.24) is 9.80 Å². The van der Waals surface area contributed by atoms with Gasteiger partial charge in [0.2, 0.25) is 0 Å². The number of piperidine rings is 1. The summed E-state index contributed by atoms with van der Waals surface area (Å²) in [6.45, 7) is 10.8. The minimum atomic E-state index is 0.0120. The molecule has 1 aliphatic heterocycles. The number of amides is 1. The van der Waals surface area contributed by atoms with Crippen LogP contribution in [0.25, 0.3) is 0 Å². The second-order valence-corrected chi connectivity index (χ2v) is 8.91. The highest BCUT2D eigenvalue weighted by molar-refractivity contribution is 6.30. The molecule has 30 heavy (non-hydrogen) atoms. The third-order valence-electron chi connectivity index (χ3n) is 5.95. The van der Waals surface area contributed by atoms with Crippen molar-refractivity contribution in [2.45, 2.75) is 40.2 Å². The Morgan fingerprint density at radius 2 is 1.73 bits per heavy atom. The molecule has 1 aliphatic rings. The second kappa shape index (κ2) is 10.8. The maximum Gasteiger partial charge on any atom is 0.260 e. The molecular weight excluding hydrogens is 396 g/mol. The third-order valence-corrected chi connectivity index (χ3v) is 6.20. The quantitative estimate of drug-likeness (QED) is 0.586. The highest BCUT2D eigenvalue weighted by Crippen LogP contribution is 2.22. The number of nitrogens with zero attached hydrogens (tertiary/aromatic N) is 2. The van der Waals surface area contributed by atoms with Gasteiger partial charge in [0.25, 0.3) is 5.91 Å². The maximum atomic E-state index is 13.1. The van der Waals surface area contributed by atoms with Crippen LogP contribution in [0.5, 0.6) is 5.75 Å². The largest absolute Gasteiger partial charge is 0.483 e. The molecule has 2 aromatic rings. The number of benzene rings is 2. The highest BCUT2D eigenvalue weighted by atomic mass is 35.5. The summed E-state index contributed by atoms with van der Waals surface area (Å²) >= 11 is 6.03. The van der Waals surface area contributed by atoms with E-state index in [1.54, 1.807) is 0 Å². The van der Waals surface area contributed by atoms with Gasteiger partial charge in [0.05, 0.1) is 0 Å². The number of ether oxygens (including phenoxy) is 1. The topological polar surface area (TPSA) is 32.8 Å². The summed E-state index contributed by atoms with van der Waals surface area (Å²) in [7, 11) is 0. The molecule has 2 aromatic carbocycles. The predicted octanol–water partition coefficient (Wildman–Crippen LogP) is 5.10. The van der Waals surface area contributed by atoms with Crippen LogP contribution in [0.2, 0.25) is 5.02 Å². The first-order valence-electron chi connectivity index (χ1n) is 10.9. The van der Waals surface area contributed by atoms with E-state index in [1.165, 1.54) is 12.8 Å². The van der Waals surface area contributed by atoms with E-state index in [4.69, 9.17) is 16.3 Å². The van der Waals surface area contributed by atoms with E-state index in [0.29, 0.717) is 18.1 Å². The molecule has 0 aromatic heterocycles. The van der Waals surface area contributed by atoms with Crippen molar-refractivity contribution in [3.05, 3.63) is 64.2 Å². The smallest absolute Gasteiger partial charge is 0.260 e. The van der Waals surface area contributed by atoms with Gasteiger partial charge in [-0.2, -0.15) is 0 Å². The number of hydrogen-bond donors (Lipinski definition) is 0. The fourth-order valence-electron chi connectivity index (χ4n) is 3.90. The molecule has 0 saturated carbocycles. The van der Waals surface area contributed by atoms with Gasteiger partial charge in [-0.1, -0.05) is 48.9 Å². The van der Waals surface area contributed by atoms with Gasteiger partial charge in [0.1, 0.15) is 5.75 Å². The molecule has 0 N–H and O–H groups in total. The van der Waals surface area contributed by atoms with Crippen molar-refractivity contribution >= 4 is 17.5 Å². The lowest BCUT2D eigenvalue weighted by molar-refractivity contribution is -0.134. The summed E-state index contributed by atoms with van der Waals surface area (Å²) in [5.74, 6) is 1.62. The summed E-state index contributed by atoms with van der Waals surface area (Å²) in [5, 5.41) is 0.706. The van der Waals surface area contributed by atoms with Gasteiger partial charge >= 0.3 is 0 Å². The number of carbonyl (C=O) groups excluding carboxylic acids is 1. The molecule has 1 heterocycles. The highest BCUT2D eigenvalue weighted by Gasteiger charge is 2.20. The first-order valence-corrected chi connectivity index (χ1v) is 11.2. The lowest BCUT2D eigenvalue weighted by atomic mass is 9.99. The summed E-state index contributed by atoms with van der Waals surface area (Å²) in [6.07, 6.45) is 2.47. The molecule has 1 amide bonds. The molecule has 0 aliphatic carbocycles. The SMILES string of the molecule is Cc1cccc(C)c1OCC(=O)N(CCN1CCC(C)CC1)Cc1ccc(Cl)cc1. The van der Waals surface area contributed by atoms with Crippen molar-refractivity contribution < 1.29 is 9.53 Å². The Hall–Kier alpha value is -2.04. The standard InChI is InChI=1S/C25H33ClN2O2/c1-19-11-13-27(14-12-19)15-16-28(17-22-7-9-23(26)10-8-22)24(29)18-30-25-20(2)5-4-6-21(25)3/h4-10,19H,11-18H2,1-3H3. The zero-order chi connectivity index (χ0) is 21.5. The van der Waals surface area contributed by atoms with E-state index in [2.05, 4.69) is 11.8 Å². The van der Waals surface area contributed by atoms with Crippen LogP contribution in [-0.2, 0) is 11.3 Å². The van der Waals surface area contributed by atoms with E-state index in [9.17, 15) is 4.79 Å². The summed E-state index contributed by atoms with van der Waals surface area (Å²) in [5.41, 5.74) is 3.18. The Kier molecular flexibility index (Phi) is 8.17. The molecule has 3 rings (SSSR count). The fourth-order valence-corrected chi connectivity index (χ4v) is 4.03. The van der Waals surface area contributed by atoms with E-state index >= 15 is 0 Å². The third kappa shape index (κ3) is 6.48. The van der Waals surface area contributed by atoms with Gasteiger partial charge in [0, 0.05) is 24.7 Å². The average molecular weight is 429 g/mol. The van der Waals surface area contributed by atoms with Crippen LogP contribution in [0.4, 0.5) is 0 Å². The minimum absolute atomic E-state index is 0.0120. The molecule has 0 atom stereocenters. The molecule has 4 nitrogen and oxygen atoms in total. The van der Waals surface area contributed by atoms with Gasteiger partial charge in [-0.05, 0) is 74.5 Å². The molecule has 162 valence electrons. The maximum absolute atomic E-state index is 13.1. The molecule has 0 unspecified atom stereocenters. The Morgan fingerprint density at radius 3 is 2.37 bits per heavy atom. The van der Waals surface area contributed by atoms with Crippen molar-refractivity contribution in [2.24, 2.45) is 5.92 Å². The normalized spacial score (nSPS) is 15.2. The van der Waals surface area contributed by atoms with Gasteiger partial charge in [-0.3, -0.25) is 4.79 Å². The summed E-state index contributed by atoms with van der Waals surface area (Å²) < 4.78 is 5.95. The number of likely N-dealkylation sites (tertiary alicyclic amines) is 1. The molecular formula is C25H33ClN2O2. The Bertz CT molecular complexity index is 809. The van der Waals surface area contributed by atoms with Crippen LogP contribution in [0.3, 0.4) is 0 Å². The van der Waals surface area contributed by atoms with Crippen molar-refractivity contribution in [3.63, 3.8) is 0 Å². The van der Waals surface area contributed by atoms with E-state index in [1.807, 2.05) is 61.2 Å². The van der Waals surface area contributed by atoms with Crippen molar-refractivity contribution in [2.75, 3.05) is 32.8 Å². The zero-order valence-corrected chi connectivity index (χ0v) is 19.1. The fraction of sp³-hybridized carbons (Fsp3) is 0.480. The number of carbonyl (C=O) groups is 1. The average Bonchev–Trinajstić information content (AvgIpc) is 2.73. The van der Waals surface area contributed by atoms with Crippen LogP contribution in [-0.4, -0.2) is 48.5 Å². The Balaban J connectivity index is 1.64. The first kappa shape index (κ1) is 22.6.